The number of carbonyl (C=O) groups is 1. The van der Waals surface area contributed by atoms with Crippen LogP contribution in [0.2, 0.25) is 0 Å². The molecule has 1 unspecified atom stereocenters. The van der Waals surface area contributed by atoms with Gasteiger partial charge in [-0.15, -0.1) is 0 Å². The van der Waals surface area contributed by atoms with Crippen LogP contribution >= 0.6 is 0 Å². The molecule has 0 saturated heterocycles. The zero-order valence-electron chi connectivity index (χ0n) is 13.4. The molecule has 0 bridgehead atoms. The summed E-state index contributed by atoms with van der Waals surface area (Å²) >= 11 is 0. The Bertz CT molecular complexity index is 726. The lowest BCUT2D eigenvalue weighted by molar-refractivity contribution is -0.116. The minimum Gasteiger partial charge on any atom is -0.326 e. The van der Waals surface area contributed by atoms with Gasteiger partial charge in [-0.2, -0.15) is 0 Å². The molecular formula is C19H22N2O. The van der Waals surface area contributed by atoms with Crippen molar-refractivity contribution in [1.82, 2.24) is 0 Å². The number of rotatable bonds is 2. The van der Waals surface area contributed by atoms with E-state index in [1.807, 2.05) is 12.1 Å². The van der Waals surface area contributed by atoms with E-state index in [4.69, 9.17) is 5.73 Å². The van der Waals surface area contributed by atoms with Gasteiger partial charge in [0.05, 0.1) is 6.04 Å². The number of nitrogens with one attached hydrogen (secondary N) is 1. The standard InChI is InChI=1S/C19H22N2O/c1-11-8-12(2)18(13(3)9-11)19(20)15-4-6-16-14(10-15)5-7-17(22)21-16/h4,6,8-10,19H,5,7,20H2,1-3H3,(H,21,22). The molecule has 1 heterocycles. The first-order valence-electron chi connectivity index (χ1n) is 7.71. The van der Waals surface area contributed by atoms with Crippen LogP contribution in [0.5, 0.6) is 0 Å². The first kappa shape index (κ1) is 14.8. The fourth-order valence-electron chi connectivity index (χ4n) is 3.45. The van der Waals surface area contributed by atoms with Crippen molar-refractivity contribution in [3.63, 3.8) is 0 Å². The molecule has 0 aromatic heterocycles. The first-order valence-corrected chi connectivity index (χ1v) is 7.71. The molecule has 0 spiro atoms. The van der Waals surface area contributed by atoms with Crippen molar-refractivity contribution in [2.45, 2.75) is 39.7 Å². The third kappa shape index (κ3) is 2.64. The monoisotopic (exact) mass is 294 g/mol. The maximum atomic E-state index is 11.5. The van der Waals surface area contributed by atoms with Crippen LogP contribution in [-0.4, -0.2) is 5.91 Å². The highest BCUT2D eigenvalue weighted by atomic mass is 16.1. The van der Waals surface area contributed by atoms with Crippen molar-refractivity contribution in [1.29, 1.82) is 0 Å². The van der Waals surface area contributed by atoms with Gasteiger partial charge in [0.2, 0.25) is 5.91 Å². The first-order chi connectivity index (χ1) is 10.5. The van der Waals surface area contributed by atoms with Gasteiger partial charge < -0.3 is 11.1 Å². The topological polar surface area (TPSA) is 55.1 Å². The summed E-state index contributed by atoms with van der Waals surface area (Å²) in [5, 5.41) is 2.92. The Balaban J connectivity index is 2.00. The smallest absolute Gasteiger partial charge is 0.224 e. The third-order valence-electron chi connectivity index (χ3n) is 4.43. The summed E-state index contributed by atoms with van der Waals surface area (Å²) in [4.78, 5) is 11.5. The summed E-state index contributed by atoms with van der Waals surface area (Å²) in [6.45, 7) is 6.35. The predicted molar refractivity (Wildman–Crippen MR) is 90.1 cm³/mol. The van der Waals surface area contributed by atoms with E-state index in [0.717, 1.165) is 17.7 Å². The number of aryl methyl sites for hydroxylation is 4. The van der Waals surface area contributed by atoms with Gasteiger partial charge in [0.25, 0.3) is 0 Å². The molecule has 3 nitrogen and oxygen atoms in total. The molecule has 1 aliphatic rings. The number of hydrogen-bond donors (Lipinski definition) is 2. The number of benzene rings is 2. The fourth-order valence-corrected chi connectivity index (χ4v) is 3.45. The summed E-state index contributed by atoms with van der Waals surface area (Å²) in [7, 11) is 0. The van der Waals surface area contributed by atoms with Crippen LogP contribution in [0.1, 0.15) is 45.8 Å². The van der Waals surface area contributed by atoms with E-state index >= 15 is 0 Å². The summed E-state index contributed by atoms with van der Waals surface area (Å²) in [6, 6.07) is 10.4. The van der Waals surface area contributed by atoms with Gasteiger partial charge in [-0.1, -0.05) is 29.8 Å². The number of hydrogen-bond acceptors (Lipinski definition) is 2. The molecule has 22 heavy (non-hydrogen) atoms. The largest absolute Gasteiger partial charge is 0.326 e. The second-order valence-electron chi connectivity index (χ2n) is 6.25. The van der Waals surface area contributed by atoms with Crippen LogP contribution in [0, 0.1) is 20.8 Å². The molecule has 1 atom stereocenters. The molecule has 0 saturated carbocycles. The van der Waals surface area contributed by atoms with Crippen LogP contribution in [-0.2, 0) is 11.2 Å². The second kappa shape index (κ2) is 5.58. The van der Waals surface area contributed by atoms with Gasteiger partial charge in [-0.05, 0) is 61.1 Å². The Morgan fingerprint density at radius 3 is 2.41 bits per heavy atom. The lowest BCUT2D eigenvalue weighted by atomic mass is 9.89. The van der Waals surface area contributed by atoms with Crippen molar-refractivity contribution in [2.24, 2.45) is 5.73 Å². The highest BCUT2D eigenvalue weighted by Gasteiger charge is 2.19. The average molecular weight is 294 g/mol. The number of amides is 1. The van der Waals surface area contributed by atoms with Crippen LogP contribution in [0.25, 0.3) is 0 Å². The van der Waals surface area contributed by atoms with Crippen LogP contribution < -0.4 is 11.1 Å². The van der Waals surface area contributed by atoms with E-state index in [2.05, 4.69) is 44.3 Å². The number of fused-ring (bicyclic) bond motifs is 1. The fraction of sp³-hybridized carbons (Fsp3) is 0.316. The average Bonchev–Trinajstić information content (AvgIpc) is 2.45. The Labute approximate surface area is 131 Å². The van der Waals surface area contributed by atoms with Crippen LogP contribution in [0.3, 0.4) is 0 Å². The molecule has 1 aliphatic heterocycles. The molecule has 1 amide bonds. The highest BCUT2D eigenvalue weighted by Crippen LogP contribution is 2.31. The van der Waals surface area contributed by atoms with E-state index in [0.29, 0.717) is 6.42 Å². The molecule has 2 aromatic rings. The molecule has 0 radical (unpaired) electrons. The molecular weight excluding hydrogens is 272 g/mol. The second-order valence-corrected chi connectivity index (χ2v) is 6.25. The molecule has 0 fully saturated rings. The molecule has 3 rings (SSSR count). The lowest BCUT2D eigenvalue weighted by Crippen LogP contribution is -2.20. The van der Waals surface area contributed by atoms with E-state index < -0.39 is 0 Å². The quantitative estimate of drug-likeness (QED) is 0.890. The van der Waals surface area contributed by atoms with Crippen molar-refractivity contribution in [2.75, 3.05) is 5.32 Å². The van der Waals surface area contributed by atoms with Crippen LogP contribution in [0.15, 0.2) is 30.3 Å². The van der Waals surface area contributed by atoms with Gasteiger partial charge >= 0.3 is 0 Å². The van der Waals surface area contributed by atoms with Crippen LogP contribution in [0.4, 0.5) is 5.69 Å². The SMILES string of the molecule is Cc1cc(C)c(C(N)c2ccc3c(c2)CCC(=O)N3)c(C)c1. The van der Waals surface area contributed by atoms with Crippen molar-refractivity contribution in [3.05, 3.63) is 63.7 Å². The lowest BCUT2D eigenvalue weighted by Gasteiger charge is -2.22. The number of nitrogens with two attached hydrogens (primary N) is 1. The van der Waals surface area contributed by atoms with Crippen molar-refractivity contribution < 1.29 is 4.79 Å². The van der Waals surface area contributed by atoms with E-state index in [1.165, 1.54) is 27.8 Å². The number of anilines is 1. The summed E-state index contributed by atoms with van der Waals surface area (Å²) in [6.07, 6.45) is 1.34. The molecule has 3 heteroatoms. The highest BCUT2D eigenvalue weighted by molar-refractivity contribution is 5.93. The van der Waals surface area contributed by atoms with Gasteiger partial charge in [0.1, 0.15) is 0 Å². The van der Waals surface area contributed by atoms with E-state index in [9.17, 15) is 4.79 Å². The van der Waals surface area contributed by atoms with Crippen molar-refractivity contribution >= 4 is 11.6 Å². The third-order valence-corrected chi connectivity index (χ3v) is 4.43. The Morgan fingerprint density at radius 2 is 1.73 bits per heavy atom. The van der Waals surface area contributed by atoms with Gasteiger partial charge in [0.15, 0.2) is 0 Å². The maximum Gasteiger partial charge on any atom is 0.224 e. The van der Waals surface area contributed by atoms with Gasteiger partial charge in [-0.3, -0.25) is 4.79 Å². The summed E-state index contributed by atoms with van der Waals surface area (Å²) < 4.78 is 0. The van der Waals surface area contributed by atoms with Gasteiger partial charge in [-0.25, -0.2) is 0 Å². The zero-order chi connectivity index (χ0) is 15.9. The van der Waals surface area contributed by atoms with Gasteiger partial charge in [0, 0.05) is 12.1 Å². The molecule has 114 valence electrons. The maximum absolute atomic E-state index is 11.5. The van der Waals surface area contributed by atoms with E-state index in [1.54, 1.807) is 0 Å². The summed E-state index contributed by atoms with van der Waals surface area (Å²) in [5.41, 5.74) is 14.7. The Kier molecular flexibility index (Phi) is 3.75. The minimum absolute atomic E-state index is 0.0924. The molecule has 0 aliphatic carbocycles. The van der Waals surface area contributed by atoms with E-state index in [-0.39, 0.29) is 11.9 Å². The predicted octanol–water partition coefficient (Wildman–Crippen LogP) is 3.54. The summed E-state index contributed by atoms with van der Waals surface area (Å²) in [5.74, 6) is 0.0924. The Hall–Kier alpha value is -2.13. The Morgan fingerprint density at radius 1 is 1.05 bits per heavy atom. The minimum atomic E-state index is -0.136. The van der Waals surface area contributed by atoms with Crippen molar-refractivity contribution in [3.8, 4) is 0 Å². The molecule has 3 N–H and O–H groups in total. The molecule has 2 aromatic carbocycles. The number of carbonyl (C=O) groups excluding carboxylic acids is 1. The normalized spacial score (nSPS) is 15.2. The zero-order valence-corrected chi connectivity index (χ0v) is 13.4.